The van der Waals surface area contributed by atoms with Gasteiger partial charge in [0.15, 0.2) is 0 Å². The van der Waals surface area contributed by atoms with Crippen LogP contribution in [-0.2, 0) is 4.79 Å². The molecule has 1 N–H and O–H groups in total. The number of ether oxygens (including phenoxy) is 1. The second kappa shape index (κ2) is 9.40. The summed E-state index contributed by atoms with van der Waals surface area (Å²) in [7, 11) is 0. The first-order chi connectivity index (χ1) is 15.4. The van der Waals surface area contributed by atoms with E-state index in [-0.39, 0.29) is 17.7 Å². The first-order valence-electron chi connectivity index (χ1n) is 10.1. The van der Waals surface area contributed by atoms with Crippen molar-refractivity contribution in [2.75, 3.05) is 4.90 Å². The van der Waals surface area contributed by atoms with Gasteiger partial charge in [-0.3, -0.25) is 9.69 Å². The van der Waals surface area contributed by atoms with Crippen molar-refractivity contribution in [3.63, 3.8) is 0 Å². The van der Waals surface area contributed by atoms with E-state index in [1.165, 1.54) is 12.1 Å². The van der Waals surface area contributed by atoms with E-state index >= 15 is 0 Å². The Labute approximate surface area is 190 Å². The van der Waals surface area contributed by atoms with Crippen molar-refractivity contribution >= 4 is 23.2 Å². The van der Waals surface area contributed by atoms with Gasteiger partial charge in [0.1, 0.15) is 5.75 Å². The molecule has 3 aromatic rings. The zero-order valence-corrected chi connectivity index (χ0v) is 18.0. The van der Waals surface area contributed by atoms with Gasteiger partial charge in [0.2, 0.25) is 0 Å². The van der Waals surface area contributed by atoms with E-state index in [0.717, 1.165) is 11.1 Å². The Morgan fingerprint density at radius 3 is 2.38 bits per heavy atom. The third-order valence-corrected chi connectivity index (χ3v) is 5.49. The molecule has 0 spiro atoms. The Hall–Kier alpha value is -3.38. The second-order valence-corrected chi connectivity index (χ2v) is 7.84. The smallest absolute Gasteiger partial charge is 0.387 e. The van der Waals surface area contributed by atoms with Gasteiger partial charge in [-0.05, 0) is 60.5 Å². The molecule has 4 nitrogen and oxygen atoms in total. The average molecular weight is 455 g/mol. The number of hydrogen-bond donors (Lipinski definition) is 1. The zero-order valence-electron chi connectivity index (χ0n) is 17.2. The number of alkyl halides is 2. The number of anilines is 1. The monoisotopic (exact) mass is 454 g/mol. The number of nitrogens with one attached hydrogen (secondary N) is 1. The van der Waals surface area contributed by atoms with Crippen LogP contribution in [0.1, 0.15) is 30.1 Å². The lowest BCUT2D eigenvalue weighted by Gasteiger charge is -2.26. The fourth-order valence-electron chi connectivity index (χ4n) is 3.73. The molecular formula is C25H21ClF2N2O2. The van der Waals surface area contributed by atoms with E-state index in [0.29, 0.717) is 16.4 Å². The van der Waals surface area contributed by atoms with Gasteiger partial charge in [0.25, 0.3) is 5.91 Å². The van der Waals surface area contributed by atoms with Crippen LogP contribution in [0.4, 0.5) is 14.5 Å². The van der Waals surface area contributed by atoms with Crippen LogP contribution < -0.4 is 15.0 Å². The molecule has 3 aromatic carbocycles. The van der Waals surface area contributed by atoms with Crippen LogP contribution in [0.25, 0.3) is 0 Å². The highest BCUT2D eigenvalue weighted by atomic mass is 35.5. The van der Waals surface area contributed by atoms with Gasteiger partial charge in [-0.2, -0.15) is 8.78 Å². The van der Waals surface area contributed by atoms with Crippen molar-refractivity contribution in [3.8, 4) is 5.75 Å². The Morgan fingerprint density at radius 1 is 1.00 bits per heavy atom. The Bertz CT molecular complexity index is 1120. The van der Waals surface area contributed by atoms with Crippen LogP contribution in [0, 0.1) is 0 Å². The van der Waals surface area contributed by atoms with Crippen LogP contribution in [0.5, 0.6) is 5.75 Å². The number of carbonyl (C=O) groups is 1. The third-order valence-electron chi connectivity index (χ3n) is 5.25. The molecule has 0 fully saturated rings. The summed E-state index contributed by atoms with van der Waals surface area (Å²) >= 11 is 6.20. The summed E-state index contributed by atoms with van der Waals surface area (Å²) in [5, 5.41) is 3.87. The molecule has 1 aliphatic heterocycles. The minimum absolute atomic E-state index is 0.0266. The molecule has 7 heteroatoms. The minimum atomic E-state index is -2.91. The van der Waals surface area contributed by atoms with E-state index in [4.69, 9.17) is 11.6 Å². The minimum Gasteiger partial charge on any atom is -0.435 e. The zero-order chi connectivity index (χ0) is 22.7. The van der Waals surface area contributed by atoms with E-state index in [1.54, 1.807) is 29.2 Å². The summed E-state index contributed by atoms with van der Waals surface area (Å²) in [4.78, 5) is 15.0. The maximum absolute atomic E-state index is 13.4. The Morgan fingerprint density at radius 2 is 1.72 bits per heavy atom. The lowest BCUT2D eigenvalue weighted by atomic mass is 10.1. The molecule has 0 aliphatic carbocycles. The van der Waals surface area contributed by atoms with Crippen molar-refractivity contribution in [1.82, 2.24) is 5.32 Å². The maximum atomic E-state index is 13.4. The van der Waals surface area contributed by atoms with Crippen LogP contribution in [0.15, 0.2) is 90.6 Å². The van der Waals surface area contributed by atoms with Gasteiger partial charge < -0.3 is 10.1 Å². The van der Waals surface area contributed by atoms with Gasteiger partial charge in [0, 0.05) is 16.8 Å². The normalized spacial score (nSPS) is 16.8. The molecule has 0 bridgehead atoms. The highest BCUT2D eigenvalue weighted by molar-refractivity contribution is 6.30. The standard InChI is InChI=1S/C25H21ClF2N2O2/c1-16(17-6-3-2-4-7-17)29-22-15-23(18-8-5-9-19(26)14-18)30(24(22)31)20-10-12-21(13-11-20)32-25(27)28/h2-16,23,25,29H,1H3. The molecule has 2 atom stereocenters. The number of halogens is 3. The fourth-order valence-corrected chi connectivity index (χ4v) is 3.93. The quantitative estimate of drug-likeness (QED) is 0.458. The van der Waals surface area contributed by atoms with Gasteiger partial charge in [-0.1, -0.05) is 54.1 Å². The molecule has 32 heavy (non-hydrogen) atoms. The van der Waals surface area contributed by atoms with E-state index in [9.17, 15) is 13.6 Å². The third kappa shape index (κ3) is 4.75. The lowest BCUT2D eigenvalue weighted by molar-refractivity contribution is -0.115. The Balaban J connectivity index is 1.66. The SMILES string of the molecule is CC(NC1=CC(c2cccc(Cl)c2)N(c2ccc(OC(F)F)cc2)C1=O)c1ccccc1. The van der Waals surface area contributed by atoms with Gasteiger partial charge in [0.05, 0.1) is 11.7 Å². The molecule has 4 rings (SSSR count). The fraction of sp³-hybridized carbons (Fsp3) is 0.160. The average Bonchev–Trinajstić information content (AvgIpc) is 3.10. The van der Waals surface area contributed by atoms with E-state index in [2.05, 4.69) is 10.1 Å². The van der Waals surface area contributed by atoms with Crippen LogP contribution >= 0.6 is 11.6 Å². The number of hydrogen-bond acceptors (Lipinski definition) is 3. The van der Waals surface area contributed by atoms with Gasteiger partial charge in [-0.15, -0.1) is 0 Å². The van der Waals surface area contributed by atoms with Crippen molar-refractivity contribution in [2.24, 2.45) is 0 Å². The molecule has 164 valence electrons. The summed E-state index contributed by atoms with van der Waals surface area (Å²) in [6, 6.07) is 22.6. The van der Waals surface area contributed by atoms with Crippen LogP contribution in [-0.4, -0.2) is 12.5 Å². The maximum Gasteiger partial charge on any atom is 0.387 e. The van der Waals surface area contributed by atoms with Crippen LogP contribution in [0.2, 0.25) is 5.02 Å². The first-order valence-corrected chi connectivity index (χ1v) is 10.5. The molecule has 0 aromatic heterocycles. The molecule has 0 saturated heterocycles. The predicted octanol–water partition coefficient (Wildman–Crippen LogP) is 6.26. The van der Waals surface area contributed by atoms with E-state index < -0.39 is 12.7 Å². The van der Waals surface area contributed by atoms with E-state index in [1.807, 2.05) is 55.5 Å². The predicted molar refractivity (Wildman–Crippen MR) is 121 cm³/mol. The summed E-state index contributed by atoms with van der Waals surface area (Å²) < 4.78 is 29.4. The molecule has 1 amide bonds. The first kappa shape index (κ1) is 21.8. The number of carbonyl (C=O) groups excluding carboxylic acids is 1. The molecule has 0 radical (unpaired) electrons. The second-order valence-electron chi connectivity index (χ2n) is 7.40. The highest BCUT2D eigenvalue weighted by Crippen LogP contribution is 2.37. The van der Waals surface area contributed by atoms with Crippen molar-refractivity contribution in [1.29, 1.82) is 0 Å². The van der Waals surface area contributed by atoms with Gasteiger partial charge >= 0.3 is 6.61 Å². The van der Waals surface area contributed by atoms with Crippen LogP contribution in [0.3, 0.4) is 0 Å². The lowest BCUT2D eigenvalue weighted by Crippen LogP contribution is -2.33. The molecule has 2 unspecified atom stereocenters. The Kier molecular flexibility index (Phi) is 6.42. The van der Waals surface area contributed by atoms with Gasteiger partial charge in [-0.25, -0.2) is 0 Å². The highest BCUT2D eigenvalue weighted by Gasteiger charge is 2.35. The number of nitrogens with zero attached hydrogens (tertiary/aromatic N) is 1. The summed E-state index contributed by atoms with van der Waals surface area (Å²) in [5.74, 6) is -0.195. The topological polar surface area (TPSA) is 41.6 Å². The molecule has 1 heterocycles. The summed E-state index contributed by atoms with van der Waals surface area (Å²) in [6.07, 6.45) is 1.86. The van der Waals surface area contributed by atoms with Crippen molar-refractivity contribution in [2.45, 2.75) is 25.6 Å². The largest absolute Gasteiger partial charge is 0.435 e. The molecular weight excluding hydrogens is 434 g/mol. The summed E-state index contributed by atoms with van der Waals surface area (Å²) in [5.41, 5.74) is 2.90. The number of benzene rings is 3. The number of amides is 1. The van der Waals surface area contributed by atoms with Crippen molar-refractivity contribution in [3.05, 3.63) is 107 Å². The number of rotatable bonds is 7. The van der Waals surface area contributed by atoms with Crippen molar-refractivity contribution < 1.29 is 18.3 Å². The molecule has 1 aliphatic rings. The summed E-state index contributed by atoms with van der Waals surface area (Å²) in [6.45, 7) is -0.929. The molecule has 0 saturated carbocycles.